The molecule has 2 rings (SSSR count). The van der Waals surface area contributed by atoms with Gasteiger partial charge in [-0.2, -0.15) is 0 Å². The lowest BCUT2D eigenvalue weighted by atomic mass is 10.3. The Morgan fingerprint density at radius 1 is 1.64 bits per heavy atom. The van der Waals surface area contributed by atoms with Gasteiger partial charge in [0.2, 0.25) is 0 Å². The summed E-state index contributed by atoms with van der Waals surface area (Å²) in [6, 6.07) is 0. The number of nitrogens with zero attached hydrogens (tertiary/aromatic N) is 2. The van der Waals surface area contributed by atoms with Gasteiger partial charge in [0.15, 0.2) is 0 Å². The molecule has 14 heavy (non-hydrogen) atoms. The smallest absolute Gasteiger partial charge is 0.348 e. The topological polar surface area (TPSA) is 89.1 Å². The molecule has 72 valence electrons. The molecule has 0 atom stereocenters. The zero-order chi connectivity index (χ0) is 10.3. The number of carboxylic acid groups (broad SMARTS) is 1. The number of aromatic carboxylic acids is 1. The fourth-order valence-electron chi connectivity index (χ4n) is 1.02. The molecule has 0 spiro atoms. The highest BCUT2D eigenvalue weighted by molar-refractivity contribution is 9.10. The monoisotopic (exact) mass is 273 g/mol. The van der Waals surface area contributed by atoms with Crippen molar-refractivity contribution in [3.8, 4) is 0 Å². The SMILES string of the molecule is Nc1c(C(=O)O)sc2ncc(Br)nc12. The highest BCUT2D eigenvalue weighted by Gasteiger charge is 2.17. The van der Waals surface area contributed by atoms with Crippen LogP contribution in [0, 0.1) is 0 Å². The van der Waals surface area contributed by atoms with Crippen LogP contribution in [0.4, 0.5) is 5.69 Å². The van der Waals surface area contributed by atoms with E-state index in [4.69, 9.17) is 10.8 Å². The van der Waals surface area contributed by atoms with Crippen molar-refractivity contribution >= 4 is 49.3 Å². The molecule has 3 N–H and O–H groups in total. The Morgan fingerprint density at radius 2 is 2.36 bits per heavy atom. The lowest BCUT2D eigenvalue weighted by Gasteiger charge is -1.91. The van der Waals surface area contributed by atoms with Crippen LogP contribution in [-0.4, -0.2) is 21.0 Å². The van der Waals surface area contributed by atoms with Crippen molar-refractivity contribution < 1.29 is 9.90 Å². The van der Waals surface area contributed by atoms with Gasteiger partial charge < -0.3 is 10.8 Å². The quantitative estimate of drug-likeness (QED) is 0.826. The van der Waals surface area contributed by atoms with Crippen molar-refractivity contribution in [1.82, 2.24) is 9.97 Å². The molecule has 5 nitrogen and oxygen atoms in total. The number of nitrogens with two attached hydrogens (primary N) is 1. The number of carbonyl (C=O) groups is 1. The van der Waals surface area contributed by atoms with Gasteiger partial charge in [-0.15, -0.1) is 11.3 Å². The molecule has 0 aliphatic heterocycles. The van der Waals surface area contributed by atoms with Crippen molar-refractivity contribution in [1.29, 1.82) is 0 Å². The Kier molecular flexibility index (Phi) is 2.12. The normalized spacial score (nSPS) is 10.6. The predicted octanol–water partition coefficient (Wildman–Crippen LogP) is 1.73. The summed E-state index contributed by atoms with van der Waals surface area (Å²) in [4.78, 5) is 19.4. The lowest BCUT2D eigenvalue weighted by Crippen LogP contribution is -1.97. The number of hydrogen-bond donors (Lipinski definition) is 2. The van der Waals surface area contributed by atoms with E-state index in [0.29, 0.717) is 15.0 Å². The molecule has 0 aliphatic rings. The zero-order valence-electron chi connectivity index (χ0n) is 6.69. The van der Waals surface area contributed by atoms with Crippen molar-refractivity contribution in [2.24, 2.45) is 0 Å². The predicted molar refractivity (Wildman–Crippen MR) is 56.5 cm³/mol. The summed E-state index contributed by atoms with van der Waals surface area (Å²) in [6.45, 7) is 0. The first kappa shape index (κ1) is 9.35. The van der Waals surface area contributed by atoms with Crippen LogP contribution in [0.2, 0.25) is 0 Å². The van der Waals surface area contributed by atoms with E-state index in [1.807, 2.05) is 0 Å². The van der Waals surface area contributed by atoms with Crippen LogP contribution < -0.4 is 5.73 Å². The average molecular weight is 274 g/mol. The van der Waals surface area contributed by atoms with Gasteiger partial charge >= 0.3 is 5.97 Å². The van der Waals surface area contributed by atoms with E-state index in [1.165, 1.54) is 6.20 Å². The molecule has 0 aromatic carbocycles. The van der Waals surface area contributed by atoms with E-state index in [9.17, 15) is 4.79 Å². The second kappa shape index (κ2) is 3.18. The standard InChI is InChI=1S/C7H4BrN3O2S/c8-2-1-10-6-4(11-2)3(9)5(14-6)7(12)13/h1H,9H2,(H,12,13). The molecule has 7 heteroatoms. The van der Waals surface area contributed by atoms with Crippen LogP contribution in [0.15, 0.2) is 10.8 Å². The summed E-state index contributed by atoms with van der Waals surface area (Å²) < 4.78 is 0.534. The van der Waals surface area contributed by atoms with Crippen LogP contribution in [0.25, 0.3) is 10.3 Å². The first-order valence-electron chi connectivity index (χ1n) is 3.53. The number of anilines is 1. The summed E-state index contributed by atoms with van der Waals surface area (Å²) in [5, 5.41) is 8.80. The van der Waals surface area contributed by atoms with Crippen LogP contribution in [0.1, 0.15) is 9.67 Å². The second-order valence-corrected chi connectivity index (χ2v) is 4.31. The molecular weight excluding hydrogens is 270 g/mol. The van der Waals surface area contributed by atoms with Gasteiger partial charge in [0.05, 0.1) is 11.9 Å². The summed E-state index contributed by atoms with van der Waals surface area (Å²) in [5.74, 6) is -1.05. The first-order chi connectivity index (χ1) is 6.59. The molecule has 0 saturated heterocycles. The second-order valence-electron chi connectivity index (χ2n) is 2.50. The van der Waals surface area contributed by atoms with Crippen LogP contribution in [0.5, 0.6) is 0 Å². The minimum Gasteiger partial charge on any atom is -0.477 e. The molecule has 0 amide bonds. The highest BCUT2D eigenvalue weighted by Crippen LogP contribution is 2.31. The third-order valence-corrected chi connectivity index (χ3v) is 3.08. The zero-order valence-corrected chi connectivity index (χ0v) is 9.09. The van der Waals surface area contributed by atoms with Crippen LogP contribution in [0.3, 0.4) is 0 Å². The van der Waals surface area contributed by atoms with Crippen molar-refractivity contribution in [2.75, 3.05) is 5.73 Å². The van der Waals surface area contributed by atoms with E-state index in [2.05, 4.69) is 25.9 Å². The molecule has 2 aromatic rings. The van der Waals surface area contributed by atoms with E-state index in [1.54, 1.807) is 0 Å². The molecular formula is C7H4BrN3O2S. The number of rotatable bonds is 1. The van der Waals surface area contributed by atoms with Gasteiger partial charge in [-0.05, 0) is 15.9 Å². The molecule has 2 heterocycles. The van der Waals surface area contributed by atoms with Crippen molar-refractivity contribution in [3.05, 3.63) is 15.7 Å². The lowest BCUT2D eigenvalue weighted by molar-refractivity contribution is 0.0703. The van der Waals surface area contributed by atoms with Gasteiger partial charge in [0.1, 0.15) is 19.8 Å². The van der Waals surface area contributed by atoms with E-state index < -0.39 is 5.97 Å². The molecule has 0 saturated carbocycles. The average Bonchev–Trinajstić information content (AvgIpc) is 2.44. The van der Waals surface area contributed by atoms with Crippen LogP contribution >= 0.6 is 27.3 Å². The summed E-state index contributed by atoms with van der Waals surface area (Å²) >= 11 is 4.16. The Labute approximate surface area is 90.7 Å². The van der Waals surface area contributed by atoms with E-state index >= 15 is 0 Å². The number of carboxylic acids is 1. The van der Waals surface area contributed by atoms with E-state index in [-0.39, 0.29) is 10.6 Å². The Hall–Kier alpha value is -1.21. The Balaban J connectivity index is 2.80. The summed E-state index contributed by atoms with van der Waals surface area (Å²) in [6.07, 6.45) is 1.50. The minimum atomic E-state index is -1.05. The fraction of sp³-hybridized carbons (Fsp3) is 0. The molecule has 0 bridgehead atoms. The number of aromatic nitrogens is 2. The first-order valence-corrected chi connectivity index (χ1v) is 5.14. The maximum absolute atomic E-state index is 10.7. The number of fused-ring (bicyclic) bond motifs is 1. The van der Waals surface area contributed by atoms with Crippen molar-refractivity contribution in [2.45, 2.75) is 0 Å². The molecule has 2 aromatic heterocycles. The Bertz CT molecular complexity index is 525. The summed E-state index contributed by atoms with van der Waals surface area (Å²) in [5.41, 5.74) is 6.22. The van der Waals surface area contributed by atoms with Gasteiger partial charge in [-0.3, -0.25) is 0 Å². The molecule has 0 radical (unpaired) electrons. The van der Waals surface area contributed by atoms with Gasteiger partial charge in [0, 0.05) is 0 Å². The molecule has 0 fully saturated rings. The largest absolute Gasteiger partial charge is 0.477 e. The molecule has 0 aliphatic carbocycles. The maximum atomic E-state index is 10.7. The van der Waals surface area contributed by atoms with Gasteiger partial charge in [-0.25, -0.2) is 14.8 Å². The number of halogens is 1. The summed E-state index contributed by atoms with van der Waals surface area (Å²) in [7, 11) is 0. The van der Waals surface area contributed by atoms with Crippen molar-refractivity contribution in [3.63, 3.8) is 0 Å². The highest BCUT2D eigenvalue weighted by atomic mass is 79.9. The van der Waals surface area contributed by atoms with E-state index in [0.717, 1.165) is 11.3 Å². The van der Waals surface area contributed by atoms with Gasteiger partial charge in [-0.1, -0.05) is 0 Å². The number of nitrogen functional groups attached to an aromatic ring is 1. The third-order valence-electron chi connectivity index (χ3n) is 1.60. The third kappa shape index (κ3) is 1.34. The van der Waals surface area contributed by atoms with Gasteiger partial charge in [0.25, 0.3) is 0 Å². The number of thiophene rings is 1. The number of hydrogen-bond acceptors (Lipinski definition) is 5. The molecule has 0 unspecified atom stereocenters. The minimum absolute atomic E-state index is 0.0816. The van der Waals surface area contributed by atoms with Crippen LogP contribution in [-0.2, 0) is 0 Å². The Morgan fingerprint density at radius 3 is 3.00 bits per heavy atom. The fourth-order valence-corrected chi connectivity index (χ4v) is 2.15. The maximum Gasteiger partial charge on any atom is 0.348 e.